The van der Waals surface area contributed by atoms with Crippen molar-refractivity contribution in [3.05, 3.63) is 58.1 Å². The highest BCUT2D eigenvalue weighted by Crippen LogP contribution is 2.34. The van der Waals surface area contributed by atoms with Crippen LogP contribution in [-0.4, -0.2) is 11.2 Å². The molecule has 0 aromatic heterocycles. The van der Waals surface area contributed by atoms with Crippen molar-refractivity contribution in [2.75, 3.05) is 6.26 Å². The lowest BCUT2D eigenvalue weighted by Gasteiger charge is -2.07. The molecule has 0 fully saturated rings. The standard InChI is InChI=1S/C14H10N2O2S2/c1-19-13-3-2-4-14(12(13)9-15)20-11-7-5-10(6-8-11)16(17)18/h2-8H,1H3. The number of nitrogens with zero attached hydrogens (tertiary/aromatic N) is 2. The fourth-order valence-electron chi connectivity index (χ4n) is 1.64. The summed E-state index contributed by atoms with van der Waals surface area (Å²) in [6, 6.07) is 14.2. The summed E-state index contributed by atoms with van der Waals surface area (Å²) in [5.74, 6) is 0. The number of hydrogen-bond donors (Lipinski definition) is 0. The van der Waals surface area contributed by atoms with Gasteiger partial charge in [0.2, 0.25) is 0 Å². The van der Waals surface area contributed by atoms with E-state index in [1.54, 1.807) is 12.1 Å². The summed E-state index contributed by atoms with van der Waals surface area (Å²) >= 11 is 2.96. The molecule has 0 amide bonds. The summed E-state index contributed by atoms with van der Waals surface area (Å²) in [7, 11) is 0. The van der Waals surface area contributed by atoms with Gasteiger partial charge in [-0.2, -0.15) is 5.26 Å². The van der Waals surface area contributed by atoms with Crippen molar-refractivity contribution in [2.45, 2.75) is 14.7 Å². The second-order valence-electron chi connectivity index (χ2n) is 3.80. The van der Waals surface area contributed by atoms with Crippen molar-refractivity contribution in [1.29, 1.82) is 5.26 Å². The third-order valence-corrected chi connectivity index (χ3v) is 4.44. The van der Waals surface area contributed by atoms with Gasteiger partial charge in [0.25, 0.3) is 5.69 Å². The van der Waals surface area contributed by atoms with Crippen LogP contribution in [-0.2, 0) is 0 Å². The summed E-state index contributed by atoms with van der Waals surface area (Å²) in [5, 5.41) is 19.9. The normalized spacial score (nSPS) is 10.0. The topological polar surface area (TPSA) is 66.9 Å². The minimum absolute atomic E-state index is 0.0627. The molecule has 0 aliphatic rings. The van der Waals surface area contributed by atoms with E-state index < -0.39 is 4.92 Å². The highest BCUT2D eigenvalue weighted by Gasteiger charge is 2.10. The van der Waals surface area contributed by atoms with Crippen molar-refractivity contribution >= 4 is 29.2 Å². The van der Waals surface area contributed by atoms with Crippen molar-refractivity contribution < 1.29 is 4.92 Å². The van der Waals surface area contributed by atoms with Gasteiger partial charge in [-0.25, -0.2) is 0 Å². The van der Waals surface area contributed by atoms with Crippen LogP contribution in [0.3, 0.4) is 0 Å². The first-order valence-electron chi connectivity index (χ1n) is 5.65. The summed E-state index contributed by atoms with van der Waals surface area (Å²) in [5.41, 5.74) is 0.705. The highest BCUT2D eigenvalue weighted by molar-refractivity contribution is 8.00. The van der Waals surface area contributed by atoms with E-state index in [0.29, 0.717) is 5.56 Å². The van der Waals surface area contributed by atoms with Crippen LogP contribution in [0.2, 0.25) is 0 Å². The van der Waals surface area contributed by atoms with Crippen LogP contribution in [0, 0.1) is 21.4 Å². The molecule has 0 heterocycles. The molecule has 0 aliphatic carbocycles. The molecule has 100 valence electrons. The number of non-ortho nitro benzene ring substituents is 1. The van der Waals surface area contributed by atoms with Gasteiger partial charge in [0, 0.05) is 26.8 Å². The lowest BCUT2D eigenvalue weighted by Crippen LogP contribution is -1.87. The Balaban J connectivity index is 2.30. The third-order valence-electron chi connectivity index (χ3n) is 2.60. The number of nitriles is 1. The number of thioether (sulfide) groups is 1. The first-order chi connectivity index (χ1) is 9.65. The second-order valence-corrected chi connectivity index (χ2v) is 5.76. The van der Waals surface area contributed by atoms with Crippen LogP contribution in [0.4, 0.5) is 5.69 Å². The molecule has 0 radical (unpaired) electrons. The quantitative estimate of drug-likeness (QED) is 0.477. The molecule has 0 N–H and O–H groups in total. The molecule has 0 spiro atoms. The average molecular weight is 302 g/mol. The molecular formula is C14H10N2O2S2. The van der Waals surface area contributed by atoms with Gasteiger partial charge in [0.15, 0.2) is 0 Å². The molecule has 0 bridgehead atoms. The molecule has 0 unspecified atom stereocenters. The van der Waals surface area contributed by atoms with Crippen LogP contribution in [0.5, 0.6) is 0 Å². The molecule has 0 saturated carbocycles. The van der Waals surface area contributed by atoms with E-state index in [0.717, 1.165) is 14.7 Å². The van der Waals surface area contributed by atoms with E-state index in [4.69, 9.17) is 0 Å². The van der Waals surface area contributed by atoms with Crippen molar-refractivity contribution in [3.8, 4) is 6.07 Å². The van der Waals surface area contributed by atoms with Gasteiger partial charge in [-0.05, 0) is 30.5 Å². The Morgan fingerprint density at radius 1 is 1.15 bits per heavy atom. The van der Waals surface area contributed by atoms with Crippen LogP contribution in [0.15, 0.2) is 57.2 Å². The smallest absolute Gasteiger partial charge is 0.258 e. The Morgan fingerprint density at radius 3 is 2.35 bits per heavy atom. The Bertz CT molecular complexity index is 679. The van der Waals surface area contributed by atoms with Gasteiger partial charge < -0.3 is 0 Å². The largest absolute Gasteiger partial charge is 0.269 e. The molecular weight excluding hydrogens is 292 g/mol. The first kappa shape index (κ1) is 14.4. The van der Waals surface area contributed by atoms with E-state index >= 15 is 0 Å². The van der Waals surface area contributed by atoms with Gasteiger partial charge in [-0.1, -0.05) is 17.8 Å². The number of nitro groups is 1. The Morgan fingerprint density at radius 2 is 1.80 bits per heavy atom. The maximum atomic E-state index is 10.6. The second kappa shape index (κ2) is 6.46. The average Bonchev–Trinajstić information content (AvgIpc) is 2.47. The Hall–Kier alpha value is -1.97. The zero-order valence-electron chi connectivity index (χ0n) is 10.6. The van der Waals surface area contributed by atoms with Crippen molar-refractivity contribution in [3.63, 3.8) is 0 Å². The fraction of sp³-hybridized carbons (Fsp3) is 0.0714. The maximum Gasteiger partial charge on any atom is 0.269 e. The zero-order chi connectivity index (χ0) is 14.5. The maximum absolute atomic E-state index is 10.6. The van der Waals surface area contributed by atoms with Gasteiger partial charge >= 0.3 is 0 Å². The van der Waals surface area contributed by atoms with Crippen molar-refractivity contribution in [1.82, 2.24) is 0 Å². The van der Waals surface area contributed by atoms with Crippen LogP contribution in [0.1, 0.15) is 5.56 Å². The van der Waals surface area contributed by atoms with E-state index in [2.05, 4.69) is 6.07 Å². The van der Waals surface area contributed by atoms with Gasteiger partial charge in [-0.15, -0.1) is 11.8 Å². The molecule has 20 heavy (non-hydrogen) atoms. The van der Waals surface area contributed by atoms with Crippen LogP contribution in [0.25, 0.3) is 0 Å². The Kier molecular flexibility index (Phi) is 4.66. The lowest BCUT2D eigenvalue weighted by atomic mass is 10.2. The van der Waals surface area contributed by atoms with E-state index in [1.807, 2.05) is 24.5 Å². The first-order valence-corrected chi connectivity index (χ1v) is 7.69. The third kappa shape index (κ3) is 3.13. The Labute approximate surface area is 125 Å². The monoisotopic (exact) mass is 302 g/mol. The van der Waals surface area contributed by atoms with E-state index in [1.165, 1.54) is 35.7 Å². The summed E-state index contributed by atoms with van der Waals surface area (Å²) in [6.07, 6.45) is 1.93. The number of rotatable bonds is 4. The summed E-state index contributed by atoms with van der Waals surface area (Å²) in [4.78, 5) is 12.8. The van der Waals surface area contributed by atoms with Gasteiger partial charge in [-0.3, -0.25) is 10.1 Å². The van der Waals surface area contributed by atoms with Crippen LogP contribution < -0.4 is 0 Å². The lowest BCUT2D eigenvalue weighted by molar-refractivity contribution is -0.384. The molecule has 0 atom stereocenters. The molecule has 0 saturated heterocycles. The molecule has 4 nitrogen and oxygen atoms in total. The van der Waals surface area contributed by atoms with Crippen LogP contribution >= 0.6 is 23.5 Å². The highest BCUT2D eigenvalue weighted by atomic mass is 32.2. The minimum atomic E-state index is -0.427. The number of hydrogen-bond acceptors (Lipinski definition) is 5. The number of benzene rings is 2. The predicted molar refractivity (Wildman–Crippen MR) is 80.2 cm³/mol. The predicted octanol–water partition coefficient (Wildman–Crippen LogP) is 4.34. The zero-order valence-corrected chi connectivity index (χ0v) is 12.2. The molecule has 2 aromatic carbocycles. The van der Waals surface area contributed by atoms with E-state index in [-0.39, 0.29) is 5.69 Å². The van der Waals surface area contributed by atoms with Gasteiger partial charge in [0.05, 0.1) is 10.5 Å². The van der Waals surface area contributed by atoms with Gasteiger partial charge in [0.1, 0.15) is 6.07 Å². The van der Waals surface area contributed by atoms with E-state index in [9.17, 15) is 15.4 Å². The summed E-state index contributed by atoms with van der Waals surface area (Å²) in [6.45, 7) is 0. The number of nitro benzene ring substituents is 1. The molecule has 6 heteroatoms. The fourth-order valence-corrected chi connectivity index (χ4v) is 3.21. The molecule has 2 rings (SSSR count). The summed E-state index contributed by atoms with van der Waals surface area (Å²) < 4.78 is 0. The molecule has 0 aliphatic heterocycles. The molecule has 2 aromatic rings. The van der Waals surface area contributed by atoms with Crippen molar-refractivity contribution in [2.24, 2.45) is 0 Å². The SMILES string of the molecule is CSc1cccc(Sc2ccc([N+](=O)[O-])cc2)c1C#N. The minimum Gasteiger partial charge on any atom is -0.258 e.